The Hall–Kier alpha value is -1.62. The van der Waals surface area contributed by atoms with Crippen LogP contribution in [0.3, 0.4) is 0 Å². The molecule has 1 fully saturated rings. The highest BCUT2D eigenvalue weighted by Crippen LogP contribution is 2.22. The summed E-state index contributed by atoms with van der Waals surface area (Å²) in [5, 5.41) is 8.20. The summed E-state index contributed by atoms with van der Waals surface area (Å²) in [7, 11) is 0. The van der Waals surface area contributed by atoms with E-state index in [1.54, 1.807) is 0 Å². The molecule has 0 amide bonds. The fourth-order valence-electron chi connectivity index (χ4n) is 1.99. The second-order valence-electron chi connectivity index (χ2n) is 4.48. The van der Waals surface area contributed by atoms with E-state index in [1.807, 2.05) is 22.9 Å². The van der Waals surface area contributed by atoms with Gasteiger partial charge in [-0.15, -0.1) is 5.10 Å². The third-order valence-electron chi connectivity index (χ3n) is 3.25. The molecule has 5 heteroatoms. The summed E-state index contributed by atoms with van der Waals surface area (Å²) >= 11 is 0. The number of nitrogens with two attached hydrogens (primary N) is 1. The zero-order chi connectivity index (χ0) is 11.7. The fraction of sp³-hybridized carbons (Fsp3) is 0.500. The lowest BCUT2D eigenvalue weighted by Gasteiger charge is -2.25. The van der Waals surface area contributed by atoms with Crippen molar-refractivity contribution < 1.29 is 4.74 Å². The molecule has 1 aliphatic rings. The molecule has 1 saturated carbocycles. The Kier molecular flexibility index (Phi) is 2.68. The number of aromatic nitrogens is 3. The Bertz CT molecular complexity index is 518. The van der Waals surface area contributed by atoms with Crippen molar-refractivity contribution in [3.05, 3.63) is 18.2 Å². The lowest BCUT2D eigenvalue weighted by Crippen LogP contribution is -2.23. The summed E-state index contributed by atoms with van der Waals surface area (Å²) in [5.74, 6) is 0. The van der Waals surface area contributed by atoms with Gasteiger partial charge in [0, 0.05) is 5.69 Å². The van der Waals surface area contributed by atoms with Crippen LogP contribution in [0.5, 0.6) is 0 Å². The predicted molar refractivity (Wildman–Crippen MR) is 65.5 cm³/mol. The molecule has 0 spiro atoms. The van der Waals surface area contributed by atoms with Gasteiger partial charge in [0.15, 0.2) is 0 Å². The van der Waals surface area contributed by atoms with Crippen molar-refractivity contribution in [2.45, 2.75) is 31.9 Å². The van der Waals surface area contributed by atoms with Crippen LogP contribution >= 0.6 is 0 Å². The summed E-state index contributed by atoms with van der Waals surface area (Å²) in [6.07, 6.45) is 4.17. The molecule has 1 aromatic carbocycles. The highest BCUT2D eigenvalue weighted by atomic mass is 16.5. The Labute approximate surface area is 99.5 Å². The lowest BCUT2D eigenvalue weighted by molar-refractivity contribution is -0.00212. The molecule has 1 aliphatic carbocycles. The van der Waals surface area contributed by atoms with Gasteiger partial charge >= 0.3 is 0 Å². The van der Waals surface area contributed by atoms with Gasteiger partial charge in [-0.05, 0) is 37.5 Å². The third-order valence-corrected chi connectivity index (χ3v) is 3.25. The number of hydrogen-bond donors (Lipinski definition) is 1. The van der Waals surface area contributed by atoms with E-state index in [4.69, 9.17) is 10.5 Å². The van der Waals surface area contributed by atoms with Gasteiger partial charge in [-0.1, -0.05) is 5.21 Å². The SMILES string of the molecule is Nc1ccc2nnn(CCOC3CCC3)c2c1. The largest absolute Gasteiger partial charge is 0.399 e. The molecule has 2 N–H and O–H groups in total. The van der Waals surface area contributed by atoms with E-state index in [0.717, 1.165) is 23.3 Å². The number of rotatable bonds is 4. The minimum absolute atomic E-state index is 0.467. The summed E-state index contributed by atoms with van der Waals surface area (Å²) in [5.41, 5.74) is 8.35. The maximum atomic E-state index is 5.76. The van der Waals surface area contributed by atoms with E-state index in [9.17, 15) is 0 Å². The van der Waals surface area contributed by atoms with Gasteiger partial charge in [-0.2, -0.15) is 0 Å². The van der Waals surface area contributed by atoms with Crippen molar-refractivity contribution in [3.63, 3.8) is 0 Å². The summed E-state index contributed by atoms with van der Waals surface area (Å²) < 4.78 is 7.56. The van der Waals surface area contributed by atoms with Gasteiger partial charge in [-0.3, -0.25) is 0 Å². The van der Waals surface area contributed by atoms with E-state index in [1.165, 1.54) is 19.3 Å². The average molecular weight is 232 g/mol. The van der Waals surface area contributed by atoms with Gasteiger partial charge in [0.2, 0.25) is 0 Å². The topological polar surface area (TPSA) is 66.0 Å². The highest BCUT2D eigenvalue weighted by molar-refractivity contribution is 5.77. The van der Waals surface area contributed by atoms with E-state index >= 15 is 0 Å². The first-order valence-corrected chi connectivity index (χ1v) is 6.03. The fourth-order valence-corrected chi connectivity index (χ4v) is 1.99. The number of hydrogen-bond acceptors (Lipinski definition) is 4. The first kappa shape index (κ1) is 10.5. The quantitative estimate of drug-likeness (QED) is 0.813. The average Bonchev–Trinajstić information content (AvgIpc) is 2.64. The predicted octanol–water partition coefficient (Wildman–Crippen LogP) is 1.58. The van der Waals surface area contributed by atoms with Crippen molar-refractivity contribution in [1.82, 2.24) is 15.0 Å². The van der Waals surface area contributed by atoms with Crippen LogP contribution in [0.2, 0.25) is 0 Å². The van der Waals surface area contributed by atoms with Crippen LogP contribution in [0.25, 0.3) is 11.0 Å². The number of anilines is 1. The van der Waals surface area contributed by atoms with E-state index in [-0.39, 0.29) is 0 Å². The van der Waals surface area contributed by atoms with Crippen LogP contribution in [0.4, 0.5) is 5.69 Å². The van der Waals surface area contributed by atoms with Crippen LogP contribution in [0.1, 0.15) is 19.3 Å². The Morgan fingerprint density at radius 2 is 2.29 bits per heavy atom. The van der Waals surface area contributed by atoms with Crippen molar-refractivity contribution in [1.29, 1.82) is 0 Å². The molecule has 17 heavy (non-hydrogen) atoms. The molecule has 0 atom stereocenters. The molecule has 5 nitrogen and oxygen atoms in total. The van der Waals surface area contributed by atoms with E-state index in [2.05, 4.69) is 10.3 Å². The van der Waals surface area contributed by atoms with Crippen molar-refractivity contribution in [2.75, 3.05) is 12.3 Å². The standard InChI is InChI=1S/C12H16N4O/c13-9-4-5-11-12(8-9)16(15-14-11)6-7-17-10-2-1-3-10/h4-5,8,10H,1-3,6-7,13H2. The summed E-state index contributed by atoms with van der Waals surface area (Å²) in [6, 6.07) is 5.63. The third kappa shape index (κ3) is 2.10. The smallest absolute Gasteiger partial charge is 0.113 e. The molecule has 3 rings (SSSR count). The maximum absolute atomic E-state index is 5.76. The van der Waals surface area contributed by atoms with E-state index in [0.29, 0.717) is 12.7 Å². The number of ether oxygens (including phenoxy) is 1. The van der Waals surface area contributed by atoms with Crippen molar-refractivity contribution >= 4 is 16.7 Å². The first-order valence-electron chi connectivity index (χ1n) is 6.03. The molecular weight excluding hydrogens is 216 g/mol. The molecule has 2 aromatic rings. The van der Waals surface area contributed by atoms with Crippen molar-refractivity contribution in [3.8, 4) is 0 Å². The van der Waals surface area contributed by atoms with E-state index < -0.39 is 0 Å². The van der Waals surface area contributed by atoms with Crippen LogP contribution < -0.4 is 5.73 Å². The van der Waals surface area contributed by atoms with Gasteiger partial charge < -0.3 is 10.5 Å². The summed E-state index contributed by atoms with van der Waals surface area (Å²) in [4.78, 5) is 0. The minimum Gasteiger partial charge on any atom is -0.399 e. The molecular formula is C12H16N4O. The second-order valence-corrected chi connectivity index (χ2v) is 4.48. The molecule has 0 radical (unpaired) electrons. The zero-order valence-electron chi connectivity index (χ0n) is 9.67. The Balaban J connectivity index is 1.69. The normalized spacial score (nSPS) is 16.2. The monoisotopic (exact) mass is 232 g/mol. The lowest BCUT2D eigenvalue weighted by atomic mass is 9.96. The molecule has 0 saturated heterocycles. The van der Waals surface area contributed by atoms with Crippen LogP contribution in [-0.2, 0) is 11.3 Å². The molecule has 1 heterocycles. The van der Waals surface area contributed by atoms with Crippen LogP contribution in [0, 0.1) is 0 Å². The van der Waals surface area contributed by atoms with Gasteiger partial charge in [0.1, 0.15) is 5.52 Å². The number of benzene rings is 1. The van der Waals surface area contributed by atoms with Gasteiger partial charge in [0.05, 0.1) is 24.8 Å². The highest BCUT2D eigenvalue weighted by Gasteiger charge is 2.17. The Morgan fingerprint density at radius 1 is 1.41 bits per heavy atom. The molecule has 0 unspecified atom stereocenters. The Morgan fingerprint density at radius 3 is 3.06 bits per heavy atom. The number of nitrogen functional groups attached to an aromatic ring is 1. The molecule has 0 aliphatic heterocycles. The van der Waals surface area contributed by atoms with Crippen LogP contribution in [0.15, 0.2) is 18.2 Å². The number of fused-ring (bicyclic) bond motifs is 1. The van der Waals surface area contributed by atoms with Crippen LogP contribution in [-0.4, -0.2) is 27.7 Å². The second kappa shape index (κ2) is 4.33. The minimum atomic E-state index is 0.467. The van der Waals surface area contributed by atoms with Gasteiger partial charge in [0.25, 0.3) is 0 Å². The molecule has 1 aromatic heterocycles. The molecule has 90 valence electrons. The summed E-state index contributed by atoms with van der Waals surface area (Å²) in [6.45, 7) is 1.42. The first-order chi connectivity index (χ1) is 8.33. The maximum Gasteiger partial charge on any atom is 0.113 e. The zero-order valence-corrected chi connectivity index (χ0v) is 9.67. The van der Waals surface area contributed by atoms with Crippen molar-refractivity contribution in [2.24, 2.45) is 0 Å². The van der Waals surface area contributed by atoms with Gasteiger partial charge in [-0.25, -0.2) is 4.68 Å². The molecule has 0 bridgehead atoms. The number of nitrogens with zero attached hydrogens (tertiary/aromatic N) is 3.